The van der Waals surface area contributed by atoms with Crippen LogP contribution in [-0.4, -0.2) is 9.97 Å². The van der Waals surface area contributed by atoms with Crippen LogP contribution in [0.5, 0.6) is 0 Å². The van der Waals surface area contributed by atoms with Crippen molar-refractivity contribution in [2.24, 2.45) is 0 Å². The average Bonchev–Trinajstić information content (AvgIpc) is 3.83. The number of hydrogen-bond donors (Lipinski definition) is 2. The SMILES string of the molecule is CC1(C)c2ccc([nH]2)/C(c2ccccc2)=c2/cc/c(s2)=C(\c2ccccc2)c2ccc([nH]2)C(C)(C)c2sc1c1c2CCC1. The normalized spacial score (nSPS) is 19.3. The molecule has 0 fully saturated rings. The molecular formula is C39H36N2S2. The summed E-state index contributed by atoms with van der Waals surface area (Å²) >= 11 is 3.92. The molecule has 214 valence electrons. The highest BCUT2D eigenvalue weighted by atomic mass is 32.1. The minimum Gasteiger partial charge on any atom is -0.358 e. The maximum Gasteiger partial charge on any atom is 0.0476 e. The molecule has 0 amide bonds. The van der Waals surface area contributed by atoms with E-state index in [1.807, 2.05) is 22.7 Å². The molecule has 1 aliphatic carbocycles. The lowest BCUT2D eigenvalue weighted by molar-refractivity contribution is 0.626. The molecule has 8 bridgehead atoms. The highest BCUT2D eigenvalue weighted by Gasteiger charge is 2.39. The lowest BCUT2D eigenvalue weighted by Gasteiger charge is -2.26. The van der Waals surface area contributed by atoms with Crippen molar-refractivity contribution in [1.29, 1.82) is 0 Å². The van der Waals surface area contributed by atoms with E-state index in [-0.39, 0.29) is 10.8 Å². The molecule has 0 radical (unpaired) electrons. The molecule has 0 saturated heterocycles. The first-order valence-electron chi connectivity index (χ1n) is 15.3. The Balaban J connectivity index is 1.50. The number of hydrogen-bond acceptors (Lipinski definition) is 2. The van der Waals surface area contributed by atoms with Gasteiger partial charge in [0, 0.05) is 63.6 Å². The molecule has 0 atom stereocenters. The van der Waals surface area contributed by atoms with Crippen molar-refractivity contribution in [3.05, 3.63) is 161 Å². The van der Waals surface area contributed by atoms with E-state index in [0.29, 0.717) is 0 Å². The van der Waals surface area contributed by atoms with Gasteiger partial charge < -0.3 is 9.97 Å². The zero-order chi connectivity index (χ0) is 29.3. The largest absolute Gasteiger partial charge is 0.358 e. The summed E-state index contributed by atoms with van der Waals surface area (Å²) in [5.41, 5.74) is 12.8. The van der Waals surface area contributed by atoms with E-state index in [2.05, 4.69) is 135 Å². The van der Waals surface area contributed by atoms with Crippen LogP contribution in [0.2, 0.25) is 0 Å². The molecule has 0 unspecified atom stereocenters. The van der Waals surface area contributed by atoms with E-state index < -0.39 is 0 Å². The van der Waals surface area contributed by atoms with Crippen LogP contribution < -0.4 is 9.06 Å². The van der Waals surface area contributed by atoms with Crippen molar-refractivity contribution in [3.63, 3.8) is 0 Å². The molecule has 2 N–H and O–H groups in total. The van der Waals surface area contributed by atoms with Gasteiger partial charge in [0.2, 0.25) is 0 Å². The van der Waals surface area contributed by atoms with Gasteiger partial charge in [-0.25, -0.2) is 0 Å². The number of H-pyrrole nitrogens is 2. The highest BCUT2D eigenvalue weighted by Crippen LogP contribution is 2.49. The predicted molar refractivity (Wildman–Crippen MR) is 182 cm³/mol. The molecule has 1 aliphatic heterocycles. The molecule has 2 nitrogen and oxygen atoms in total. The Morgan fingerprint density at radius 3 is 1.40 bits per heavy atom. The van der Waals surface area contributed by atoms with E-state index in [1.54, 1.807) is 11.1 Å². The smallest absolute Gasteiger partial charge is 0.0476 e. The number of fused-ring (bicyclic) bond motifs is 11. The fraction of sp³-hybridized carbons (Fsp3) is 0.231. The Kier molecular flexibility index (Phi) is 6.12. The average molecular weight is 597 g/mol. The first-order valence-corrected chi connectivity index (χ1v) is 17.0. The van der Waals surface area contributed by atoms with Crippen LogP contribution in [0.3, 0.4) is 0 Å². The Labute approximate surface area is 261 Å². The minimum absolute atomic E-state index is 0.125. The van der Waals surface area contributed by atoms with E-state index in [1.165, 1.54) is 83.1 Å². The van der Waals surface area contributed by atoms with Gasteiger partial charge in [0.25, 0.3) is 0 Å². The summed E-state index contributed by atoms with van der Waals surface area (Å²) in [5, 5.41) is 0. The monoisotopic (exact) mass is 596 g/mol. The fourth-order valence-electron chi connectivity index (χ4n) is 7.21. The second kappa shape index (κ2) is 9.83. The molecule has 5 heterocycles. The summed E-state index contributed by atoms with van der Waals surface area (Å²) in [4.78, 5) is 10.9. The van der Waals surface area contributed by atoms with Crippen molar-refractivity contribution in [3.8, 4) is 0 Å². The molecule has 2 aromatic carbocycles. The van der Waals surface area contributed by atoms with Gasteiger partial charge in [0.05, 0.1) is 0 Å². The Morgan fingerprint density at radius 1 is 0.512 bits per heavy atom. The van der Waals surface area contributed by atoms with E-state index in [0.717, 1.165) is 0 Å². The lowest BCUT2D eigenvalue weighted by atomic mass is 9.82. The molecule has 0 saturated carbocycles. The van der Waals surface area contributed by atoms with Gasteiger partial charge in [-0.15, -0.1) is 22.7 Å². The molecular weight excluding hydrogens is 561 g/mol. The molecule has 2 aliphatic rings. The Hall–Kier alpha value is -3.86. The van der Waals surface area contributed by atoms with Gasteiger partial charge in [-0.2, -0.15) is 0 Å². The summed E-state index contributed by atoms with van der Waals surface area (Å²) in [6, 6.07) is 35.6. The van der Waals surface area contributed by atoms with Crippen LogP contribution >= 0.6 is 22.7 Å². The van der Waals surface area contributed by atoms with Crippen molar-refractivity contribution >= 4 is 33.8 Å². The third-order valence-electron chi connectivity index (χ3n) is 9.59. The molecule has 0 spiro atoms. The van der Waals surface area contributed by atoms with Crippen LogP contribution in [0.25, 0.3) is 11.1 Å². The molecule has 6 aromatic rings. The third-order valence-corrected chi connectivity index (χ3v) is 12.6. The Bertz CT molecular complexity index is 1950. The van der Waals surface area contributed by atoms with Crippen LogP contribution in [0, 0.1) is 0 Å². The van der Waals surface area contributed by atoms with Crippen LogP contribution in [-0.2, 0) is 23.7 Å². The zero-order valence-corrected chi connectivity index (χ0v) is 26.8. The van der Waals surface area contributed by atoms with Crippen molar-refractivity contribution < 1.29 is 0 Å². The van der Waals surface area contributed by atoms with E-state index >= 15 is 0 Å². The first-order chi connectivity index (χ1) is 20.8. The number of nitrogens with one attached hydrogen (secondary N) is 2. The van der Waals surface area contributed by atoms with Crippen LogP contribution in [0.4, 0.5) is 0 Å². The van der Waals surface area contributed by atoms with Crippen molar-refractivity contribution in [2.45, 2.75) is 57.8 Å². The van der Waals surface area contributed by atoms with E-state index in [4.69, 9.17) is 0 Å². The van der Waals surface area contributed by atoms with Gasteiger partial charge in [-0.05, 0) is 106 Å². The number of aromatic amines is 2. The zero-order valence-electron chi connectivity index (χ0n) is 25.2. The highest BCUT2D eigenvalue weighted by molar-refractivity contribution is 7.12. The third kappa shape index (κ3) is 4.18. The van der Waals surface area contributed by atoms with Crippen LogP contribution in [0.1, 0.15) is 88.9 Å². The summed E-state index contributed by atoms with van der Waals surface area (Å²) < 4.78 is 2.53. The number of thiophene rings is 2. The summed E-state index contributed by atoms with van der Waals surface area (Å²) in [6.45, 7) is 9.64. The quantitative estimate of drug-likeness (QED) is 0.201. The van der Waals surface area contributed by atoms with Crippen molar-refractivity contribution in [2.75, 3.05) is 0 Å². The fourth-order valence-corrected chi connectivity index (χ4v) is 10.0. The first kappa shape index (κ1) is 26.7. The van der Waals surface area contributed by atoms with Gasteiger partial charge in [-0.1, -0.05) is 60.7 Å². The molecule has 4 aromatic heterocycles. The van der Waals surface area contributed by atoms with Crippen LogP contribution in [0.15, 0.2) is 97.1 Å². The van der Waals surface area contributed by atoms with Gasteiger partial charge in [0.1, 0.15) is 0 Å². The maximum atomic E-state index is 3.95. The summed E-state index contributed by atoms with van der Waals surface area (Å²) in [6.07, 6.45) is 3.60. The minimum atomic E-state index is -0.125. The standard InChI is InChI=1S/C39H36N2S2/c1-38(2)32-22-18-28(40-32)34(24-12-7-5-8-13-24)30-20-21-31(42-30)35(25-14-9-6-10-15-25)29-19-23-33(41-29)39(3,4)37-27-17-11-16-26(27)36(38)43-37/h5-10,12-15,18-23,40-41H,11,16-17H2,1-4H3/b34-30-,35-31-. The molecule has 43 heavy (non-hydrogen) atoms. The Morgan fingerprint density at radius 2 is 0.953 bits per heavy atom. The predicted octanol–water partition coefficient (Wildman–Crippen LogP) is 8.41. The second-order valence-electron chi connectivity index (χ2n) is 13.0. The lowest BCUT2D eigenvalue weighted by Crippen LogP contribution is -2.20. The van der Waals surface area contributed by atoms with E-state index in [9.17, 15) is 0 Å². The molecule has 8 rings (SSSR count). The number of aromatic nitrogens is 2. The van der Waals surface area contributed by atoms with Gasteiger partial charge in [-0.3, -0.25) is 0 Å². The van der Waals surface area contributed by atoms with Crippen molar-refractivity contribution in [1.82, 2.24) is 9.97 Å². The topological polar surface area (TPSA) is 31.6 Å². The number of benzene rings is 2. The summed E-state index contributed by atoms with van der Waals surface area (Å²) in [5.74, 6) is 0. The summed E-state index contributed by atoms with van der Waals surface area (Å²) in [7, 11) is 0. The number of rotatable bonds is 2. The maximum absolute atomic E-state index is 3.95. The molecule has 4 heteroatoms. The second-order valence-corrected chi connectivity index (χ2v) is 15.1. The van der Waals surface area contributed by atoms with Gasteiger partial charge >= 0.3 is 0 Å². The van der Waals surface area contributed by atoms with Gasteiger partial charge in [0.15, 0.2) is 0 Å².